The highest BCUT2D eigenvalue weighted by Crippen LogP contribution is 2.25. The van der Waals surface area contributed by atoms with E-state index in [4.69, 9.17) is 0 Å². The number of nitrogens with zero attached hydrogens (tertiary/aromatic N) is 1. The van der Waals surface area contributed by atoms with Gasteiger partial charge in [-0.2, -0.15) is 5.10 Å². The maximum absolute atomic E-state index is 12.6. The minimum absolute atomic E-state index is 0.0885. The van der Waals surface area contributed by atoms with Gasteiger partial charge in [-0.1, -0.05) is 68.3 Å². The molecule has 0 aliphatic rings. The Morgan fingerprint density at radius 1 is 1.04 bits per heavy atom. The molecule has 2 aromatic carbocycles. The lowest BCUT2D eigenvalue weighted by Gasteiger charge is -2.08. The van der Waals surface area contributed by atoms with Crippen LogP contribution < -0.4 is 5.43 Å². The van der Waals surface area contributed by atoms with Gasteiger partial charge in [0.15, 0.2) is 0 Å². The molecule has 146 valence electrons. The zero-order valence-electron chi connectivity index (χ0n) is 17.0. The normalized spacial score (nSPS) is 11.8. The molecule has 0 aliphatic carbocycles. The summed E-state index contributed by atoms with van der Waals surface area (Å²) in [5, 5.41) is 5.59. The molecule has 0 fully saturated rings. The molecular formula is C24H29N3O. The Balaban J connectivity index is 1.75. The van der Waals surface area contributed by atoms with Crippen molar-refractivity contribution in [1.29, 1.82) is 0 Å². The summed E-state index contributed by atoms with van der Waals surface area (Å²) in [6.07, 6.45) is 4.57. The van der Waals surface area contributed by atoms with Crippen LogP contribution in [0.5, 0.6) is 0 Å². The fourth-order valence-corrected chi connectivity index (χ4v) is 3.55. The largest absolute Gasteiger partial charge is 0.358 e. The number of aromatic amines is 1. The lowest BCUT2D eigenvalue weighted by molar-refractivity contribution is -0.120. The lowest BCUT2D eigenvalue weighted by Crippen LogP contribution is -2.22. The Kier molecular flexibility index (Phi) is 6.64. The van der Waals surface area contributed by atoms with E-state index in [0.29, 0.717) is 6.42 Å². The number of hydrazone groups is 1. The number of aryl methyl sites for hydroxylation is 2. The van der Waals surface area contributed by atoms with Crippen LogP contribution in [0, 0.1) is 13.8 Å². The van der Waals surface area contributed by atoms with E-state index in [2.05, 4.69) is 41.5 Å². The molecule has 1 aromatic heterocycles. The second kappa shape index (κ2) is 9.36. The minimum Gasteiger partial charge on any atom is -0.358 e. The smallest absolute Gasteiger partial charge is 0.244 e. The number of amides is 1. The van der Waals surface area contributed by atoms with E-state index in [1.54, 1.807) is 0 Å². The number of carbonyl (C=O) groups excluding carboxylic acids is 1. The Hall–Kier alpha value is -2.88. The van der Waals surface area contributed by atoms with E-state index in [9.17, 15) is 4.79 Å². The number of H-pyrrole nitrogens is 1. The van der Waals surface area contributed by atoms with Crippen LogP contribution in [-0.2, 0) is 11.2 Å². The van der Waals surface area contributed by atoms with Gasteiger partial charge < -0.3 is 4.98 Å². The van der Waals surface area contributed by atoms with Gasteiger partial charge in [0.05, 0.1) is 12.1 Å². The van der Waals surface area contributed by atoms with Crippen LogP contribution in [0.25, 0.3) is 10.9 Å². The second-order valence-electron chi connectivity index (χ2n) is 7.32. The van der Waals surface area contributed by atoms with Crippen molar-refractivity contribution in [3.05, 3.63) is 70.9 Å². The first kappa shape index (κ1) is 19.9. The summed E-state index contributed by atoms with van der Waals surface area (Å²) >= 11 is 0. The number of aromatic nitrogens is 1. The topological polar surface area (TPSA) is 57.2 Å². The van der Waals surface area contributed by atoms with Gasteiger partial charge >= 0.3 is 0 Å². The van der Waals surface area contributed by atoms with E-state index >= 15 is 0 Å². The average Bonchev–Trinajstić information content (AvgIpc) is 3.02. The van der Waals surface area contributed by atoms with Crippen LogP contribution in [0.2, 0.25) is 0 Å². The number of nitrogens with one attached hydrogen (secondary N) is 2. The Bertz CT molecular complexity index is 970. The molecule has 0 aliphatic heterocycles. The molecule has 0 atom stereocenters. The van der Waals surface area contributed by atoms with Gasteiger partial charge in [0.1, 0.15) is 0 Å². The predicted molar refractivity (Wildman–Crippen MR) is 117 cm³/mol. The molecule has 2 N–H and O–H groups in total. The molecule has 4 nitrogen and oxygen atoms in total. The number of carbonyl (C=O) groups is 1. The Morgan fingerprint density at radius 2 is 1.82 bits per heavy atom. The van der Waals surface area contributed by atoms with E-state index in [1.807, 2.05) is 43.3 Å². The standard InChI is InChI=1S/C24H29N3O/c1-4-5-7-15-22(19-12-8-6-9-13-19)26-27-23(28)16-21-18(3)25-24-17(2)11-10-14-20(21)24/h6,8-14,25H,4-5,7,15-16H2,1-3H3,(H,27,28)/b26-22-. The van der Waals surface area contributed by atoms with Gasteiger partial charge in [-0.05, 0) is 43.4 Å². The summed E-state index contributed by atoms with van der Waals surface area (Å²) in [6, 6.07) is 16.3. The monoisotopic (exact) mass is 375 g/mol. The molecule has 28 heavy (non-hydrogen) atoms. The number of fused-ring (bicyclic) bond motifs is 1. The van der Waals surface area contributed by atoms with Gasteiger partial charge in [-0.15, -0.1) is 0 Å². The first-order chi connectivity index (χ1) is 13.6. The molecule has 1 heterocycles. The summed E-state index contributed by atoms with van der Waals surface area (Å²) < 4.78 is 0. The summed E-state index contributed by atoms with van der Waals surface area (Å²) in [4.78, 5) is 16.0. The van der Waals surface area contributed by atoms with Gasteiger partial charge in [0.2, 0.25) is 5.91 Å². The maximum Gasteiger partial charge on any atom is 0.244 e. The molecule has 3 aromatic rings. The van der Waals surface area contributed by atoms with Crippen LogP contribution in [0.1, 0.15) is 55.0 Å². The van der Waals surface area contributed by atoms with Gasteiger partial charge in [0, 0.05) is 16.6 Å². The molecule has 0 radical (unpaired) electrons. The number of benzene rings is 2. The van der Waals surface area contributed by atoms with Crippen molar-refractivity contribution < 1.29 is 4.79 Å². The number of hydrogen-bond donors (Lipinski definition) is 2. The third-order valence-corrected chi connectivity index (χ3v) is 5.14. The van der Waals surface area contributed by atoms with E-state index in [-0.39, 0.29) is 5.91 Å². The lowest BCUT2D eigenvalue weighted by atomic mass is 10.0. The number of rotatable bonds is 8. The first-order valence-electron chi connectivity index (χ1n) is 10.1. The molecule has 3 rings (SSSR count). The summed E-state index contributed by atoms with van der Waals surface area (Å²) in [7, 11) is 0. The van der Waals surface area contributed by atoms with Crippen LogP contribution in [-0.4, -0.2) is 16.6 Å². The molecule has 4 heteroatoms. The van der Waals surface area contributed by atoms with E-state index in [1.165, 1.54) is 5.56 Å². The number of hydrogen-bond acceptors (Lipinski definition) is 2. The molecule has 0 unspecified atom stereocenters. The number of unbranched alkanes of at least 4 members (excludes halogenated alkanes) is 2. The summed E-state index contributed by atoms with van der Waals surface area (Å²) in [5.41, 5.74) is 9.17. The van der Waals surface area contributed by atoms with Crippen molar-refractivity contribution in [2.24, 2.45) is 5.10 Å². The molecule has 0 saturated carbocycles. The zero-order chi connectivity index (χ0) is 19.9. The first-order valence-corrected chi connectivity index (χ1v) is 10.1. The summed E-state index contributed by atoms with van der Waals surface area (Å²) in [6.45, 7) is 6.28. The van der Waals surface area contributed by atoms with Crippen molar-refractivity contribution in [1.82, 2.24) is 10.4 Å². The van der Waals surface area contributed by atoms with Gasteiger partial charge in [0.25, 0.3) is 0 Å². The fraction of sp³-hybridized carbons (Fsp3) is 0.333. The molecule has 0 spiro atoms. The SMILES string of the molecule is CCCCC/C(=N/NC(=O)Cc1c(C)[nH]c2c(C)cccc12)c1ccccc1. The van der Waals surface area contributed by atoms with Gasteiger partial charge in [-0.25, -0.2) is 5.43 Å². The van der Waals surface area contributed by atoms with Crippen molar-refractivity contribution in [2.45, 2.75) is 52.9 Å². The highest BCUT2D eigenvalue weighted by Gasteiger charge is 2.13. The quantitative estimate of drug-likeness (QED) is 0.308. The Labute approximate surface area is 167 Å². The van der Waals surface area contributed by atoms with Crippen molar-refractivity contribution >= 4 is 22.5 Å². The molecular weight excluding hydrogens is 346 g/mol. The second-order valence-corrected chi connectivity index (χ2v) is 7.32. The van der Waals surface area contributed by atoms with Crippen molar-refractivity contribution in [2.75, 3.05) is 0 Å². The van der Waals surface area contributed by atoms with Crippen LogP contribution in [0.15, 0.2) is 53.6 Å². The predicted octanol–water partition coefficient (Wildman–Crippen LogP) is 5.43. The van der Waals surface area contributed by atoms with E-state index in [0.717, 1.165) is 59.1 Å². The highest BCUT2D eigenvalue weighted by atomic mass is 16.2. The van der Waals surface area contributed by atoms with Gasteiger partial charge in [-0.3, -0.25) is 4.79 Å². The third kappa shape index (κ3) is 4.69. The van der Waals surface area contributed by atoms with E-state index < -0.39 is 0 Å². The van der Waals surface area contributed by atoms with Crippen molar-refractivity contribution in [3.63, 3.8) is 0 Å². The molecule has 0 saturated heterocycles. The van der Waals surface area contributed by atoms with Crippen LogP contribution >= 0.6 is 0 Å². The third-order valence-electron chi connectivity index (χ3n) is 5.14. The molecule has 1 amide bonds. The molecule has 0 bridgehead atoms. The highest BCUT2D eigenvalue weighted by molar-refractivity contribution is 6.01. The summed E-state index contributed by atoms with van der Waals surface area (Å²) in [5.74, 6) is -0.0885. The van der Waals surface area contributed by atoms with Crippen LogP contribution in [0.3, 0.4) is 0 Å². The number of para-hydroxylation sites is 1. The minimum atomic E-state index is -0.0885. The van der Waals surface area contributed by atoms with Crippen molar-refractivity contribution in [3.8, 4) is 0 Å². The zero-order valence-corrected chi connectivity index (χ0v) is 17.0. The average molecular weight is 376 g/mol. The Morgan fingerprint density at radius 3 is 2.57 bits per heavy atom. The van der Waals surface area contributed by atoms with Crippen LogP contribution in [0.4, 0.5) is 0 Å². The fourth-order valence-electron chi connectivity index (χ4n) is 3.55. The maximum atomic E-state index is 12.6.